The molecule has 0 aromatic heterocycles. The van der Waals surface area contributed by atoms with Crippen LogP contribution in [-0.2, 0) is 30.5 Å². The Labute approximate surface area is 236 Å². The monoisotopic (exact) mass is 578 g/mol. The number of carbonyl (C=O) groups excluding carboxylic acids is 6. The Kier molecular flexibility index (Phi) is 12.5. The number of benzene rings is 1. The topological polar surface area (TPSA) is 143 Å². The van der Waals surface area contributed by atoms with Crippen LogP contribution in [0.15, 0.2) is 24.3 Å². The molecule has 1 aromatic carbocycles. The second-order valence-corrected chi connectivity index (χ2v) is 11.9. The van der Waals surface area contributed by atoms with Crippen LogP contribution in [0.25, 0.3) is 0 Å². The quantitative estimate of drug-likeness (QED) is 0.154. The van der Waals surface area contributed by atoms with E-state index >= 15 is 0 Å². The molecule has 0 bridgehead atoms. The van der Waals surface area contributed by atoms with Gasteiger partial charge in [-0.2, -0.15) is 0 Å². The van der Waals surface area contributed by atoms with Crippen LogP contribution in [0, 0.1) is 11.3 Å². The van der Waals surface area contributed by atoms with Gasteiger partial charge >= 0.3 is 6.09 Å². The van der Waals surface area contributed by atoms with Crippen molar-refractivity contribution < 1.29 is 38.2 Å². The molecule has 40 heavy (non-hydrogen) atoms. The molecule has 1 heterocycles. The highest BCUT2D eigenvalue weighted by atomic mass is 31.1. The molecule has 5 amide bonds. The minimum absolute atomic E-state index is 0.0203. The third-order valence-electron chi connectivity index (χ3n) is 6.45. The molecule has 12 nitrogen and oxygen atoms in total. The summed E-state index contributed by atoms with van der Waals surface area (Å²) in [7, 11) is 3.14. The van der Waals surface area contributed by atoms with Crippen molar-refractivity contribution in [3.63, 3.8) is 0 Å². The molecule has 220 valence electrons. The van der Waals surface area contributed by atoms with Gasteiger partial charge in [0.25, 0.3) is 6.47 Å². The summed E-state index contributed by atoms with van der Waals surface area (Å²) in [4.78, 5) is 75.9. The first kappa shape index (κ1) is 32.7. The van der Waals surface area contributed by atoms with Crippen molar-refractivity contribution in [2.75, 3.05) is 46.4 Å². The Morgan fingerprint density at radius 3 is 2.35 bits per heavy atom. The van der Waals surface area contributed by atoms with E-state index in [2.05, 4.69) is 10.1 Å². The van der Waals surface area contributed by atoms with Gasteiger partial charge in [0.1, 0.15) is 12.4 Å². The summed E-state index contributed by atoms with van der Waals surface area (Å²) in [5.41, 5.74) is 0.335. The van der Waals surface area contributed by atoms with Crippen LogP contribution in [0.2, 0.25) is 0 Å². The lowest BCUT2D eigenvalue weighted by atomic mass is 9.80. The second-order valence-electron chi connectivity index (χ2n) is 10.6. The number of hydrogen-bond acceptors (Lipinski definition) is 8. The van der Waals surface area contributed by atoms with Crippen LogP contribution in [0.3, 0.4) is 0 Å². The van der Waals surface area contributed by atoms with Crippen molar-refractivity contribution in [2.24, 2.45) is 11.3 Å². The van der Waals surface area contributed by atoms with Crippen molar-refractivity contribution in [2.45, 2.75) is 40.2 Å². The van der Waals surface area contributed by atoms with E-state index in [1.54, 1.807) is 38.4 Å². The minimum atomic E-state index is -0.575. The molecular formula is C27H39N4O8P. The van der Waals surface area contributed by atoms with Crippen molar-refractivity contribution in [1.82, 2.24) is 20.0 Å². The Morgan fingerprint density at radius 1 is 1.10 bits per heavy atom. The molecule has 0 saturated carbocycles. The van der Waals surface area contributed by atoms with Gasteiger partial charge in [0.15, 0.2) is 0 Å². The van der Waals surface area contributed by atoms with E-state index in [4.69, 9.17) is 4.74 Å². The zero-order valence-electron chi connectivity index (χ0n) is 23.7. The van der Waals surface area contributed by atoms with Crippen molar-refractivity contribution in [3.05, 3.63) is 29.8 Å². The van der Waals surface area contributed by atoms with E-state index in [-0.39, 0.29) is 75.8 Å². The molecule has 1 fully saturated rings. The van der Waals surface area contributed by atoms with E-state index in [1.165, 1.54) is 14.7 Å². The average molecular weight is 579 g/mol. The number of ether oxygens (including phenoxy) is 2. The highest BCUT2D eigenvalue weighted by Gasteiger charge is 2.44. The summed E-state index contributed by atoms with van der Waals surface area (Å²) in [6, 6.07) is 6.55. The summed E-state index contributed by atoms with van der Waals surface area (Å²) >= 11 is 0. The predicted octanol–water partition coefficient (Wildman–Crippen LogP) is 2.45. The van der Waals surface area contributed by atoms with Crippen LogP contribution >= 0.6 is 8.58 Å². The molecule has 0 radical (unpaired) electrons. The van der Waals surface area contributed by atoms with Gasteiger partial charge in [0.05, 0.1) is 5.92 Å². The van der Waals surface area contributed by atoms with Crippen molar-refractivity contribution >= 4 is 44.5 Å². The van der Waals surface area contributed by atoms with Gasteiger partial charge in [-0.1, -0.05) is 32.9 Å². The molecular weight excluding hydrogens is 539 g/mol. The largest absolute Gasteiger partial charge is 0.463 e. The van der Waals surface area contributed by atoms with Gasteiger partial charge < -0.3 is 24.6 Å². The third kappa shape index (κ3) is 10.2. The van der Waals surface area contributed by atoms with E-state index in [0.29, 0.717) is 31.5 Å². The summed E-state index contributed by atoms with van der Waals surface area (Å²) in [5.74, 6) is -0.785. The number of nitrogens with zero attached hydrogens (tertiary/aromatic N) is 3. The van der Waals surface area contributed by atoms with Crippen molar-refractivity contribution in [1.29, 1.82) is 0 Å². The summed E-state index contributed by atoms with van der Waals surface area (Å²) in [6.07, 6.45) is 0.0707. The minimum Gasteiger partial charge on any atom is -0.463 e. The standard InChI is InChI=1S/C27H39N4O8P/c1-27(2,3)21-16-23(34)31(24(21)35)12-10-22(33)28-11-15-40-26(37)30(5)14-13-29(4)25(36)39-20-8-6-19(7-9-20)17-38-18-32/h6-9,18,21,40H,10-17H2,1-5H3,(H,28,33). The maximum Gasteiger partial charge on any atom is 0.415 e. The lowest BCUT2D eigenvalue weighted by Gasteiger charge is -2.24. The first-order chi connectivity index (χ1) is 18.8. The Bertz CT molecular complexity index is 1070. The smallest absolute Gasteiger partial charge is 0.415 e. The zero-order chi connectivity index (χ0) is 29.9. The molecule has 1 aliphatic heterocycles. The van der Waals surface area contributed by atoms with Crippen LogP contribution < -0.4 is 10.1 Å². The number of likely N-dealkylation sites (tertiary alicyclic amines) is 1. The van der Waals surface area contributed by atoms with E-state index in [9.17, 15) is 28.8 Å². The second kappa shape index (κ2) is 15.3. The molecule has 1 saturated heterocycles. The number of amides is 5. The maximum absolute atomic E-state index is 12.5. The van der Waals surface area contributed by atoms with Gasteiger partial charge in [-0.25, -0.2) is 4.79 Å². The fourth-order valence-corrected chi connectivity index (χ4v) is 4.70. The van der Waals surface area contributed by atoms with Crippen LogP contribution in [0.4, 0.5) is 9.59 Å². The van der Waals surface area contributed by atoms with E-state index in [1.807, 2.05) is 20.8 Å². The van der Waals surface area contributed by atoms with Gasteiger partial charge in [-0.3, -0.25) is 28.9 Å². The highest BCUT2D eigenvalue weighted by molar-refractivity contribution is 7.57. The van der Waals surface area contributed by atoms with Gasteiger partial charge in [-0.15, -0.1) is 0 Å². The SMILES string of the molecule is CN(CCN(C)C(=O)PCCNC(=O)CCN1C(=O)CC(C(C)(C)C)C1=O)C(=O)Oc1ccc(COC=O)cc1. The Morgan fingerprint density at radius 2 is 1.75 bits per heavy atom. The molecule has 1 aliphatic rings. The molecule has 0 aliphatic carbocycles. The molecule has 2 atom stereocenters. The molecule has 1 aromatic rings. The maximum atomic E-state index is 12.5. The van der Waals surface area contributed by atoms with Gasteiger partial charge in [-0.05, 0) is 37.9 Å². The molecule has 13 heteroatoms. The van der Waals surface area contributed by atoms with Crippen LogP contribution in [0.5, 0.6) is 5.75 Å². The lowest BCUT2D eigenvalue weighted by molar-refractivity contribution is -0.140. The number of hydrogen-bond donors (Lipinski definition) is 1. The van der Waals surface area contributed by atoms with Crippen molar-refractivity contribution in [3.8, 4) is 5.75 Å². The van der Waals surface area contributed by atoms with Crippen LogP contribution in [-0.4, -0.2) is 97.1 Å². The summed E-state index contributed by atoms with van der Waals surface area (Å²) in [5, 5.41) is 2.73. The Hall–Kier alpha value is -3.53. The van der Waals surface area contributed by atoms with Crippen LogP contribution in [0.1, 0.15) is 39.2 Å². The number of likely N-dealkylation sites (N-methyl/N-ethyl adjacent to an activating group) is 2. The molecule has 1 N–H and O–H groups in total. The first-order valence-electron chi connectivity index (χ1n) is 13.0. The lowest BCUT2D eigenvalue weighted by Crippen LogP contribution is -2.38. The predicted molar refractivity (Wildman–Crippen MR) is 149 cm³/mol. The molecule has 2 unspecified atom stereocenters. The van der Waals surface area contributed by atoms with E-state index < -0.39 is 6.09 Å². The van der Waals surface area contributed by atoms with E-state index in [0.717, 1.165) is 5.56 Å². The number of rotatable bonds is 14. The number of carbonyl (C=O) groups is 6. The normalized spacial score (nSPS) is 15.3. The zero-order valence-corrected chi connectivity index (χ0v) is 24.7. The molecule has 0 spiro atoms. The van der Waals surface area contributed by atoms with Gasteiger partial charge in [0.2, 0.25) is 23.4 Å². The first-order valence-corrected chi connectivity index (χ1v) is 14.2. The number of imide groups is 1. The number of nitrogens with one attached hydrogen (secondary N) is 1. The fourth-order valence-electron chi connectivity index (χ4n) is 3.86. The summed E-state index contributed by atoms with van der Waals surface area (Å²) < 4.78 is 9.98. The fraction of sp³-hybridized carbons (Fsp3) is 0.556. The highest BCUT2D eigenvalue weighted by Crippen LogP contribution is 2.35. The molecule has 2 rings (SSSR count). The summed E-state index contributed by atoms with van der Waals surface area (Å²) in [6.45, 7) is 7.17. The Balaban J connectivity index is 1.62. The van der Waals surface area contributed by atoms with Gasteiger partial charge in [0, 0.05) is 53.1 Å². The average Bonchev–Trinajstić information content (AvgIpc) is 3.20. The third-order valence-corrected chi connectivity index (χ3v) is 7.64.